The molecule has 0 unspecified atom stereocenters. The summed E-state index contributed by atoms with van der Waals surface area (Å²) in [4.78, 5) is 0. The fraction of sp³-hybridized carbons (Fsp3) is 0.444. The van der Waals surface area contributed by atoms with Crippen molar-refractivity contribution in [3.05, 3.63) is 84.6 Å². The standard InChI is InChI=1S/C36H50N4O3S/c1-37-21-14-10-18-35(37)44-28-16-8-7-13-25-40-27-26-39(40)24-12-6-5-11-22-38-23-15-9-17-32(38)20-19-31-29-33(41-2)36(43-4)34(30-31)42-3/h9-10,14-15,17-21,23,26-27,29-30H,5-8,11-13,16,22,24-25,28H2,1-4H3/q+2/b20-19+. The molecule has 0 atom stereocenters. The Bertz CT molecular complexity index is 1420. The Balaban J connectivity index is 1.11. The highest BCUT2D eigenvalue weighted by Crippen LogP contribution is 2.38. The van der Waals surface area contributed by atoms with Gasteiger partial charge in [0.05, 0.1) is 21.3 Å². The first-order chi connectivity index (χ1) is 21.6. The summed E-state index contributed by atoms with van der Waals surface area (Å²) >= 11 is 1.96. The molecule has 0 aliphatic rings. The molecule has 0 N–H and O–H groups in total. The number of thioether (sulfide) groups is 1. The number of unbranched alkanes of at least 4 members (excludes halogenated alkanes) is 6. The largest absolute Gasteiger partial charge is 0.493 e. The van der Waals surface area contributed by atoms with E-state index in [0.29, 0.717) is 17.2 Å². The summed E-state index contributed by atoms with van der Waals surface area (Å²) in [6.07, 6.45) is 23.0. The predicted molar refractivity (Wildman–Crippen MR) is 179 cm³/mol. The van der Waals surface area contributed by atoms with E-state index in [9.17, 15) is 0 Å². The molecule has 4 rings (SSSR count). The second-order valence-electron chi connectivity index (χ2n) is 11.1. The van der Waals surface area contributed by atoms with E-state index in [-0.39, 0.29) is 0 Å². The Hall–Kier alpha value is -3.65. The number of hydrogen-bond acceptors (Lipinski definition) is 4. The summed E-state index contributed by atoms with van der Waals surface area (Å²) in [5.41, 5.74) is 2.17. The molecule has 0 spiro atoms. The summed E-state index contributed by atoms with van der Waals surface area (Å²) in [7, 11) is 7.02. The lowest BCUT2D eigenvalue weighted by molar-refractivity contribution is -0.708. The van der Waals surface area contributed by atoms with Crippen molar-refractivity contribution < 1.29 is 23.3 Å². The van der Waals surface area contributed by atoms with Gasteiger partial charge in [-0.25, -0.2) is 0 Å². The monoisotopic (exact) mass is 618 g/mol. The first-order valence-corrected chi connectivity index (χ1v) is 16.9. The molecular formula is C36H50N4O3S+2. The first-order valence-electron chi connectivity index (χ1n) is 15.9. The summed E-state index contributed by atoms with van der Waals surface area (Å²) in [6.45, 7) is 3.25. The number of rotatable bonds is 20. The van der Waals surface area contributed by atoms with Gasteiger partial charge in [0.1, 0.15) is 13.6 Å². The maximum absolute atomic E-state index is 5.51. The molecule has 4 aromatic rings. The Labute approximate surface area is 268 Å². The van der Waals surface area contributed by atoms with Crippen LogP contribution in [0.3, 0.4) is 0 Å². The fourth-order valence-corrected chi connectivity index (χ4v) is 6.36. The smallest absolute Gasteiger partial charge is 0.239 e. The lowest BCUT2D eigenvalue weighted by Crippen LogP contribution is -2.36. The van der Waals surface area contributed by atoms with Crippen molar-refractivity contribution >= 4 is 23.9 Å². The predicted octanol–water partition coefficient (Wildman–Crippen LogP) is 7.21. The molecule has 236 valence electrons. The average molecular weight is 619 g/mol. The molecule has 0 saturated carbocycles. The van der Waals surface area contributed by atoms with Gasteiger partial charge in [-0.1, -0.05) is 31.0 Å². The quantitative estimate of drug-likeness (QED) is 0.0597. The molecule has 0 saturated heterocycles. The van der Waals surface area contributed by atoms with Crippen LogP contribution in [0.25, 0.3) is 12.2 Å². The van der Waals surface area contributed by atoms with E-state index in [1.807, 2.05) is 23.9 Å². The second-order valence-corrected chi connectivity index (χ2v) is 12.2. The van der Waals surface area contributed by atoms with Crippen LogP contribution in [-0.2, 0) is 26.7 Å². The third kappa shape index (κ3) is 9.94. The van der Waals surface area contributed by atoms with Crippen molar-refractivity contribution in [3.8, 4) is 17.2 Å². The normalized spacial score (nSPS) is 11.4. The molecule has 0 aliphatic carbocycles. The third-order valence-corrected chi connectivity index (χ3v) is 9.14. The zero-order chi connectivity index (χ0) is 31.0. The highest BCUT2D eigenvalue weighted by Gasteiger charge is 2.13. The van der Waals surface area contributed by atoms with Crippen LogP contribution in [0.2, 0.25) is 0 Å². The van der Waals surface area contributed by atoms with E-state index in [1.54, 1.807) is 21.3 Å². The van der Waals surface area contributed by atoms with Crippen LogP contribution in [-0.4, -0.2) is 36.4 Å². The van der Waals surface area contributed by atoms with Gasteiger partial charge in [-0.3, -0.25) is 9.36 Å². The Morgan fingerprint density at radius 1 is 0.705 bits per heavy atom. The van der Waals surface area contributed by atoms with E-state index in [1.165, 1.54) is 67.8 Å². The summed E-state index contributed by atoms with van der Waals surface area (Å²) < 4.78 is 25.8. The first kappa shape index (κ1) is 33.2. The highest BCUT2D eigenvalue weighted by atomic mass is 32.2. The summed E-state index contributed by atoms with van der Waals surface area (Å²) in [6, 6.07) is 16.7. The molecule has 1 aromatic carbocycles. The maximum atomic E-state index is 5.51. The van der Waals surface area contributed by atoms with Crippen LogP contribution >= 0.6 is 11.8 Å². The van der Waals surface area contributed by atoms with Crippen LogP contribution in [0.1, 0.15) is 62.6 Å². The van der Waals surface area contributed by atoms with Gasteiger partial charge in [-0.2, -0.15) is 9.13 Å². The van der Waals surface area contributed by atoms with Gasteiger partial charge in [0, 0.05) is 68.0 Å². The number of pyridine rings is 2. The van der Waals surface area contributed by atoms with Crippen molar-refractivity contribution in [1.82, 2.24) is 9.36 Å². The maximum Gasteiger partial charge on any atom is 0.239 e. The number of benzene rings is 1. The molecule has 0 radical (unpaired) electrons. The molecule has 3 aromatic heterocycles. The second kappa shape index (κ2) is 18.2. The zero-order valence-corrected chi connectivity index (χ0v) is 27.8. The molecule has 0 fully saturated rings. The Kier molecular flexibility index (Phi) is 13.8. The van der Waals surface area contributed by atoms with E-state index in [2.05, 4.69) is 98.9 Å². The van der Waals surface area contributed by atoms with Crippen LogP contribution < -0.4 is 23.3 Å². The number of nitrogens with zero attached hydrogens (tertiary/aromatic N) is 4. The molecule has 44 heavy (non-hydrogen) atoms. The van der Waals surface area contributed by atoms with Crippen molar-refractivity contribution in [1.29, 1.82) is 0 Å². The van der Waals surface area contributed by atoms with Gasteiger partial charge >= 0.3 is 0 Å². The van der Waals surface area contributed by atoms with Gasteiger partial charge in [0.15, 0.2) is 23.9 Å². The van der Waals surface area contributed by atoms with Crippen LogP contribution in [0.15, 0.2) is 78.3 Å². The van der Waals surface area contributed by atoms with Crippen LogP contribution in [0.4, 0.5) is 0 Å². The lowest BCUT2D eigenvalue weighted by atomic mass is 10.1. The molecule has 0 amide bonds. The van der Waals surface area contributed by atoms with Crippen molar-refractivity contribution in [2.24, 2.45) is 7.05 Å². The lowest BCUT2D eigenvalue weighted by Gasteiger charge is -2.21. The van der Waals surface area contributed by atoms with Crippen molar-refractivity contribution in [2.75, 3.05) is 27.1 Å². The Morgan fingerprint density at radius 2 is 1.34 bits per heavy atom. The molecule has 0 bridgehead atoms. The highest BCUT2D eigenvalue weighted by molar-refractivity contribution is 7.99. The number of aromatic nitrogens is 4. The van der Waals surface area contributed by atoms with E-state index < -0.39 is 0 Å². The molecule has 3 heterocycles. The average Bonchev–Trinajstić information content (AvgIpc) is 3.04. The van der Waals surface area contributed by atoms with Gasteiger partial charge in [-0.15, -0.1) is 0 Å². The minimum absolute atomic E-state index is 0.606. The SMILES string of the molecule is COc1cc(/C=C/c2cccc[n+]2CCCCCCn2ccn2CCCCCCSc2cccc[n+]2C)cc(OC)c1OC. The number of aryl methyl sites for hydroxylation is 4. The minimum atomic E-state index is 0.606. The number of methoxy groups -OCH3 is 3. The van der Waals surface area contributed by atoms with Crippen molar-refractivity contribution in [2.45, 2.75) is 76.0 Å². The summed E-state index contributed by atoms with van der Waals surface area (Å²) in [5.74, 6) is 3.11. The molecular weight excluding hydrogens is 568 g/mol. The fourth-order valence-electron chi connectivity index (χ4n) is 5.36. The van der Waals surface area contributed by atoms with Crippen molar-refractivity contribution in [3.63, 3.8) is 0 Å². The third-order valence-electron chi connectivity index (χ3n) is 7.93. The zero-order valence-electron chi connectivity index (χ0n) is 27.0. The minimum Gasteiger partial charge on any atom is -0.493 e. The number of hydrogen-bond donors (Lipinski definition) is 0. The van der Waals surface area contributed by atoms with E-state index in [4.69, 9.17) is 14.2 Å². The van der Waals surface area contributed by atoms with Gasteiger partial charge in [0.25, 0.3) is 0 Å². The van der Waals surface area contributed by atoms with Crippen LogP contribution in [0.5, 0.6) is 17.2 Å². The van der Waals surface area contributed by atoms with E-state index in [0.717, 1.165) is 25.2 Å². The van der Waals surface area contributed by atoms with Gasteiger partial charge in [-0.05, 0) is 61.6 Å². The van der Waals surface area contributed by atoms with Gasteiger partial charge < -0.3 is 14.2 Å². The molecule has 7 nitrogen and oxygen atoms in total. The summed E-state index contributed by atoms with van der Waals surface area (Å²) in [5, 5.41) is 1.35. The molecule has 0 aliphatic heterocycles. The van der Waals surface area contributed by atoms with E-state index >= 15 is 0 Å². The van der Waals surface area contributed by atoms with Gasteiger partial charge in [0.2, 0.25) is 16.5 Å². The molecule has 8 heteroatoms. The Morgan fingerprint density at radius 3 is 1.98 bits per heavy atom. The van der Waals surface area contributed by atoms with Crippen LogP contribution in [0, 0.1) is 0 Å². The number of ether oxygens (including phenoxy) is 3. The topological polar surface area (TPSA) is 45.3 Å².